The van der Waals surface area contributed by atoms with Gasteiger partial charge >= 0.3 is 5.97 Å². The van der Waals surface area contributed by atoms with E-state index in [0.29, 0.717) is 6.54 Å². The number of rotatable bonds is 5. The van der Waals surface area contributed by atoms with Gasteiger partial charge in [0.25, 0.3) is 0 Å². The van der Waals surface area contributed by atoms with Crippen LogP contribution in [0.15, 0.2) is 30.5 Å². The third-order valence-corrected chi connectivity index (χ3v) is 3.17. The summed E-state index contributed by atoms with van der Waals surface area (Å²) in [7, 11) is 0. The van der Waals surface area contributed by atoms with E-state index in [2.05, 4.69) is 10.2 Å². The van der Waals surface area contributed by atoms with Crippen molar-refractivity contribution in [2.75, 3.05) is 11.4 Å². The van der Waals surface area contributed by atoms with Crippen molar-refractivity contribution in [2.24, 2.45) is 0 Å². The number of benzene rings is 1. The molecule has 1 unspecified atom stereocenters. The third kappa shape index (κ3) is 2.81. The van der Waals surface area contributed by atoms with Gasteiger partial charge in [0.05, 0.1) is 12.6 Å². The molecule has 19 heavy (non-hydrogen) atoms. The molecule has 1 aromatic heterocycles. The summed E-state index contributed by atoms with van der Waals surface area (Å²) in [6, 6.07) is 7.73. The zero-order chi connectivity index (χ0) is 13.8. The fourth-order valence-corrected chi connectivity index (χ4v) is 2.26. The Morgan fingerprint density at radius 1 is 1.42 bits per heavy atom. The fourth-order valence-electron chi connectivity index (χ4n) is 2.26. The Bertz CT molecular complexity index is 580. The quantitative estimate of drug-likeness (QED) is 0.892. The van der Waals surface area contributed by atoms with Gasteiger partial charge in [-0.25, -0.2) is 0 Å². The van der Waals surface area contributed by atoms with Crippen LogP contribution in [0.2, 0.25) is 0 Å². The molecule has 0 saturated heterocycles. The van der Waals surface area contributed by atoms with E-state index in [9.17, 15) is 4.79 Å². The first-order valence-electron chi connectivity index (χ1n) is 6.32. The summed E-state index contributed by atoms with van der Waals surface area (Å²) < 4.78 is 0. The lowest BCUT2D eigenvalue weighted by Crippen LogP contribution is -2.35. The zero-order valence-corrected chi connectivity index (χ0v) is 11.1. The molecular weight excluding hydrogens is 242 g/mol. The number of aromatic nitrogens is 2. The van der Waals surface area contributed by atoms with Gasteiger partial charge in [0.1, 0.15) is 0 Å². The van der Waals surface area contributed by atoms with Gasteiger partial charge in [-0.05, 0) is 13.8 Å². The molecule has 5 nitrogen and oxygen atoms in total. The van der Waals surface area contributed by atoms with Crippen molar-refractivity contribution in [1.82, 2.24) is 10.2 Å². The first kappa shape index (κ1) is 13.3. The average molecular weight is 259 g/mol. The molecule has 2 aromatic rings. The fraction of sp³-hybridized carbons (Fsp3) is 0.357. The molecule has 2 rings (SSSR count). The maximum Gasteiger partial charge on any atom is 0.305 e. The number of carboxylic acids is 1. The number of fused-ring (bicyclic) bond motifs is 1. The molecule has 5 heteroatoms. The van der Waals surface area contributed by atoms with Crippen LogP contribution in [0.25, 0.3) is 10.8 Å². The molecule has 1 heterocycles. The van der Waals surface area contributed by atoms with Crippen molar-refractivity contribution in [1.29, 1.82) is 0 Å². The van der Waals surface area contributed by atoms with Gasteiger partial charge in [0.15, 0.2) is 5.82 Å². The highest BCUT2D eigenvalue weighted by atomic mass is 16.4. The molecule has 0 aliphatic carbocycles. The predicted molar refractivity (Wildman–Crippen MR) is 74.3 cm³/mol. The van der Waals surface area contributed by atoms with Crippen LogP contribution >= 0.6 is 0 Å². The molecule has 0 saturated carbocycles. The number of hydrogen-bond donors (Lipinski definition) is 1. The number of nitrogens with zero attached hydrogens (tertiary/aromatic N) is 3. The van der Waals surface area contributed by atoms with Gasteiger partial charge in [0.2, 0.25) is 0 Å². The summed E-state index contributed by atoms with van der Waals surface area (Å²) in [4.78, 5) is 12.8. The van der Waals surface area contributed by atoms with E-state index < -0.39 is 5.97 Å². The van der Waals surface area contributed by atoms with Crippen molar-refractivity contribution < 1.29 is 9.90 Å². The van der Waals surface area contributed by atoms with Crippen LogP contribution in [0.5, 0.6) is 0 Å². The molecule has 1 aromatic carbocycles. The SMILES string of the molecule is CCN(c1nncc2ccccc12)C(C)CC(=O)O. The standard InChI is InChI=1S/C14H17N3O2/c1-3-17(10(2)8-13(18)19)14-12-7-5-4-6-11(12)9-15-16-14/h4-7,9-10H,3,8H2,1-2H3,(H,18,19). The lowest BCUT2D eigenvalue weighted by Gasteiger charge is -2.28. The summed E-state index contributed by atoms with van der Waals surface area (Å²) in [5.74, 6) is -0.0616. The van der Waals surface area contributed by atoms with Crippen LogP contribution in [0.3, 0.4) is 0 Å². The Balaban J connectivity index is 2.43. The monoisotopic (exact) mass is 259 g/mol. The minimum Gasteiger partial charge on any atom is -0.481 e. The second-order valence-electron chi connectivity index (χ2n) is 4.49. The topological polar surface area (TPSA) is 66.3 Å². The van der Waals surface area contributed by atoms with Gasteiger partial charge in [-0.2, -0.15) is 5.10 Å². The predicted octanol–water partition coefficient (Wildman–Crippen LogP) is 2.32. The first-order valence-corrected chi connectivity index (χ1v) is 6.32. The smallest absolute Gasteiger partial charge is 0.305 e. The minimum absolute atomic E-state index is 0.0821. The Hall–Kier alpha value is -2.17. The minimum atomic E-state index is -0.806. The van der Waals surface area contributed by atoms with Gasteiger partial charge in [-0.1, -0.05) is 24.3 Å². The van der Waals surface area contributed by atoms with Crippen molar-refractivity contribution in [3.63, 3.8) is 0 Å². The van der Waals surface area contributed by atoms with E-state index >= 15 is 0 Å². The molecular formula is C14H17N3O2. The molecule has 0 aliphatic rings. The maximum absolute atomic E-state index is 10.9. The van der Waals surface area contributed by atoms with Crippen LogP contribution < -0.4 is 4.90 Å². The normalized spacial score (nSPS) is 12.3. The van der Waals surface area contributed by atoms with Gasteiger partial charge < -0.3 is 10.0 Å². The molecule has 0 bridgehead atoms. The highest BCUT2D eigenvalue weighted by Gasteiger charge is 2.19. The molecule has 0 amide bonds. The molecule has 0 spiro atoms. The number of carbonyl (C=O) groups is 1. The van der Waals surface area contributed by atoms with Gasteiger partial charge in [-0.3, -0.25) is 4.79 Å². The maximum atomic E-state index is 10.9. The third-order valence-electron chi connectivity index (χ3n) is 3.17. The Labute approximate surface area is 111 Å². The lowest BCUT2D eigenvalue weighted by molar-refractivity contribution is -0.137. The van der Waals surface area contributed by atoms with Gasteiger partial charge in [-0.15, -0.1) is 5.10 Å². The number of hydrogen-bond acceptors (Lipinski definition) is 4. The largest absolute Gasteiger partial charge is 0.481 e. The van der Waals surface area contributed by atoms with Crippen LogP contribution in [-0.2, 0) is 4.79 Å². The van der Waals surface area contributed by atoms with E-state index in [4.69, 9.17) is 5.11 Å². The molecule has 0 aliphatic heterocycles. The Morgan fingerprint density at radius 2 is 2.16 bits per heavy atom. The van der Waals surface area contributed by atoms with E-state index in [-0.39, 0.29) is 12.5 Å². The highest BCUT2D eigenvalue weighted by Crippen LogP contribution is 2.25. The molecule has 0 radical (unpaired) electrons. The second-order valence-corrected chi connectivity index (χ2v) is 4.49. The van der Waals surface area contributed by atoms with Crippen molar-refractivity contribution >= 4 is 22.6 Å². The molecule has 1 N–H and O–H groups in total. The van der Waals surface area contributed by atoms with Gasteiger partial charge in [0, 0.05) is 23.4 Å². The summed E-state index contributed by atoms with van der Waals surface area (Å²) in [5.41, 5.74) is 0. The average Bonchev–Trinajstić information content (AvgIpc) is 2.39. The Morgan fingerprint density at radius 3 is 2.84 bits per heavy atom. The zero-order valence-electron chi connectivity index (χ0n) is 11.1. The van der Waals surface area contributed by atoms with Crippen molar-refractivity contribution in [2.45, 2.75) is 26.3 Å². The number of carboxylic acid groups (broad SMARTS) is 1. The summed E-state index contributed by atoms with van der Waals surface area (Å²) in [6.07, 6.45) is 1.80. The Kier molecular flexibility index (Phi) is 3.94. The van der Waals surface area contributed by atoms with Crippen LogP contribution in [-0.4, -0.2) is 33.9 Å². The molecule has 1 atom stereocenters. The van der Waals surface area contributed by atoms with Crippen LogP contribution in [0, 0.1) is 0 Å². The van der Waals surface area contributed by atoms with E-state index in [1.54, 1.807) is 6.20 Å². The summed E-state index contributed by atoms with van der Waals surface area (Å²) in [5, 5.41) is 19.1. The van der Waals surface area contributed by atoms with E-state index in [1.807, 2.05) is 43.0 Å². The van der Waals surface area contributed by atoms with Crippen molar-refractivity contribution in [3.05, 3.63) is 30.5 Å². The number of anilines is 1. The first-order chi connectivity index (χ1) is 9.13. The number of aliphatic carboxylic acids is 1. The van der Waals surface area contributed by atoms with Crippen LogP contribution in [0.4, 0.5) is 5.82 Å². The van der Waals surface area contributed by atoms with E-state index in [1.165, 1.54) is 0 Å². The molecule has 0 fully saturated rings. The highest BCUT2D eigenvalue weighted by molar-refractivity contribution is 5.91. The van der Waals surface area contributed by atoms with E-state index in [0.717, 1.165) is 16.6 Å². The summed E-state index contributed by atoms with van der Waals surface area (Å²) >= 11 is 0. The molecule has 100 valence electrons. The van der Waals surface area contributed by atoms with Crippen molar-refractivity contribution in [3.8, 4) is 0 Å². The van der Waals surface area contributed by atoms with Crippen LogP contribution in [0.1, 0.15) is 20.3 Å². The summed E-state index contributed by atoms with van der Waals surface area (Å²) in [6.45, 7) is 4.57. The second kappa shape index (κ2) is 5.65. The lowest BCUT2D eigenvalue weighted by atomic mass is 10.1.